The number of aryl methyl sites for hydroxylation is 2. The van der Waals surface area contributed by atoms with E-state index < -0.39 is 17.1 Å². The van der Waals surface area contributed by atoms with Gasteiger partial charge in [0.1, 0.15) is 0 Å². The summed E-state index contributed by atoms with van der Waals surface area (Å²) in [4.78, 5) is 25.3. The maximum absolute atomic E-state index is 13.4. The first-order valence-electron chi connectivity index (χ1n) is 9.93. The van der Waals surface area contributed by atoms with E-state index in [1.54, 1.807) is 37.3 Å². The molecule has 0 saturated heterocycles. The van der Waals surface area contributed by atoms with Crippen LogP contribution in [0.3, 0.4) is 0 Å². The van der Waals surface area contributed by atoms with E-state index in [0.717, 1.165) is 11.1 Å². The lowest BCUT2D eigenvalue weighted by Crippen LogP contribution is -2.42. The molecule has 156 valence electrons. The van der Waals surface area contributed by atoms with E-state index in [4.69, 9.17) is 4.52 Å². The highest BCUT2D eigenvalue weighted by molar-refractivity contribution is 6.00. The number of aliphatic hydroxyl groups is 1. The number of rotatable bonds is 5. The molecule has 0 radical (unpaired) electrons. The standard InChI is InChI=1S/C25H22N2O4/c1-16-8-6-7-11-22(16)25(30,15-18-9-4-3-5-10-18)24(29)26-19-12-13-20-21(14-19)17(2)27-31-23(20)28/h3-14,30H,15H2,1-2H3,(H,26,29). The van der Waals surface area contributed by atoms with Crippen LogP contribution in [0.1, 0.15) is 22.4 Å². The second-order valence-corrected chi connectivity index (χ2v) is 7.61. The molecule has 6 nitrogen and oxygen atoms in total. The number of carbonyl (C=O) groups excluding carboxylic acids is 1. The van der Waals surface area contributed by atoms with Gasteiger partial charge in [0.2, 0.25) is 0 Å². The lowest BCUT2D eigenvalue weighted by atomic mass is 9.84. The van der Waals surface area contributed by atoms with E-state index in [0.29, 0.717) is 27.7 Å². The molecule has 0 aliphatic rings. The van der Waals surface area contributed by atoms with Crippen LogP contribution in [-0.4, -0.2) is 16.2 Å². The van der Waals surface area contributed by atoms with Gasteiger partial charge in [-0.1, -0.05) is 59.8 Å². The largest absolute Gasteiger partial charge is 0.375 e. The van der Waals surface area contributed by atoms with Gasteiger partial charge in [0.05, 0.1) is 11.1 Å². The minimum atomic E-state index is -1.79. The van der Waals surface area contributed by atoms with Crippen LogP contribution in [0.2, 0.25) is 0 Å². The number of nitrogens with zero attached hydrogens (tertiary/aromatic N) is 1. The Morgan fingerprint density at radius 3 is 2.45 bits per heavy atom. The van der Waals surface area contributed by atoms with Crippen molar-refractivity contribution in [3.63, 3.8) is 0 Å². The van der Waals surface area contributed by atoms with Gasteiger partial charge in [-0.3, -0.25) is 4.79 Å². The second-order valence-electron chi connectivity index (χ2n) is 7.61. The predicted octanol–water partition coefficient (Wildman–Crippen LogP) is 3.87. The highest BCUT2D eigenvalue weighted by atomic mass is 16.5. The molecule has 1 unspecified atom stereocenters. The fraction of sp³-hybridized carbons (Fsp3) is 0.160. The average Bonchev–Trinajstić information content (AvgIpc) is 2.77. The Morgan fingerprint density at radius 2 is 1.71 bits per heavy atom. The van der Waals surface area contributed by atoms with E-state index in [9.17, 15) is 14.7 Å². The molecule has 1 heterocycles. The van der Waals surface area contributed by atoms with E-state index in [1.165, 1.54) is 0 Å². The van der Waals surface area contributed by atoms with Gasteiger partial charge in [-0.15, -0.1) is 0 Å². The molecule has 0 aliphatic carbocycles. The van der Waals surface area contributed by atoms with Crippen LogP contribution < -0.4 is 10.9 Å². The minimum absolute atomic E-state index is 0.113. The van der Waals surface area contributed by atoms with Crippen molar-refractivity contribution in [2.45, 2.75) is 25.9 Å². The molecule has 6 heteroatoms. The van der Waals surface area contributed by atoms with Crippen LogP contribution in [0.15, 0.2) is 82.1 Å². The van der Waals surface area contributed by atoms with Gasteiger partial charge in [0, 0.05) is 17.5 Å². The van der Waals surface area contributed by atoms with E-state index in [-0.39, 0.29) is 6.42 Å². The van der Waals surface area contributed by atoms with Crippen molar-refractivity contribution in [1.29, 1.82) is 0 Å². The van der Waals surface area contributed by atoms with E-state index in [1.807, 2.05) is 49.4 Å². The SMILES string of the molecule is Cc1ccccc1C(O)(Cc1ccccc1)C(=O)Nc1ccc2c(=O)onc(C)c2c1. The summed E-state index contributed by atoms with van der Waals surface area (Å²) in [5.41, 5.74) is 0.837. The number of carbonyl (C=O) groups is 1. The number of hydrogen-bond acceptors (Lipinski definition) is 5. The van der Waals surface area contributed by atoms with Gasteiger partial charge in [0.25, 0.3) is 5.91 Å². The zero-order valence-electron chi connectivity index (χ0n) is 17.3. The van der Waals surface area contributed by atoms with Crippen LogP contribution in [0.4, 0.5) is 5.69 Å². The average molecular weight is 414 g/mol. The normalized spacial score (nSPS) is 13.0. The van der Waals surface area contributed by atoms with Crippen molar-refractivity contribution in [1.82, 2.24) is 5.16 Å². The summed E-state index contributed by atoms with van der Waals surface area (Å²) < 4.78 is 4.75. The summed E-state index contributed by atoms with van der Waals surface area (Å²) >= 11 is 0. The van der Waals surface area contributed by atoms with Crippen molar-refractivity contribution in [3.8, 4) is 0 Å². The first kappa shape index (κ1) is 20.5. The third kappa shape index (κ3) is 3.98. The van der Waals surface area contributed by atoms with Crippen LogP contribution in [0.25, 0.3) is 10.8 Å². The Balaban J connectivity index is 1.74. The molecule has 1 atom stereocenters. The monoisotopic (exact) mass is 414 g/mol. The summed E-state index contributed by atoms with van der Waals surface area (Å²) in [5.74, 6) is -0.557. The number of amides is 1. The Hall–Kier alpha value is -3.77. The lowest BCUT2D eigenvalue weighted by molar-refractivity contribution is -0.135. The van der Waals surface area contributed by atoms with Crippen LogP contribution in [-0.2, 0) is 16.8 Å². The Labute approximate surface area is 179 Å². The van der Waals surface area contributed by atoms with Gasteiger partial charge >= 0.3 is 5.63 Å². The van der Waals surface area contributed by atoms with Gasteiger partial charge in [-0.25, -0.2) is 4.79 Å². The number of anilines is 1. The number of hydrogen-bond donors (Lipinski definition) is 2. The lowest BCUT2D eigenvalue weighted by Gasteiger charge is -2.29. The fourth-order valence-electron chi connectivity index (χ4n) is 3.77. The molecule has 0 spiro atoms. The Kier molecular flexibility index (Phi) is 5.40. The first-order valence-corrected chi connectivity index (χ1v) is 9.93. The highest BCUT2D eigenvalue weighted by Crippen LogP contribution is 2.31. The molecule has 1 amide bonds. The predicted molar refractivity (Wildman–Crippen MR) is 119 cm³/mol. The highest BCUT2D eigenvalue weighted by Gasteiger charge is 2.39. The quantitative estimate of drug-likeness (QED) is 0.517. The van der Waals surface area contributed by atoms with E-state index in [2.05, 4.69) is 10.5 Å². The zero-order chi connectivity index (χ0) is 22.0. The maximum atomic E-state index is 13.4. The second kappa shape index (κ2) is 8.16. The fourth-order valence-corrected chi connectivity index (χ4v) is 3.77. The third-order valence-corrected chi connectivity index (χ3v) is 5.42. The topological polar surface area (TPSA) is 92.4 Å². The van der Waals surface area contributed by atoms with Crippen LogP contribution >= 0.6 is 0 Å². The van der Waals surface area contributed by atoms with Gasteiger partial charge in [-0.2, -0.15) is 0 Å². The number of benzene rings is 3. The summed E-state index contributed by atoms with van der Waals surface area (Å²) in [6.45, 7) is 3.58. The number of fused-ring (bicyclic) bond motifs is 1. The molecule has 0 saturated carbocycles. The van der Waals surface area contributed by atoms with Gasteiger partial charge < -0.3 is 14.9 Å². The Bertz CT molecular complexity index is 1310. The van der Waals surface area contributed by atoms with Gasteiger partial charge in [0.15, 0.2) is 5.60 Å². The number of nitrogens with one attached hydrogen (secondary N) is 1. The molecular formula is C25H22N2O4. The summed E-state index contributed by atoms with van der Waals surface area (Å²) in [6, 6.07) is 21.5. The molecule has 0 bridgehead atoms. The molecule has 1 aromatic heterocycles. The molecule has 4 aromatic rings. The smallest absolute Gasteiger partial charge is 0.366 e. The van der Waals surface area contributed by atoms with Crippen molar-refractivity contribution in [3.05, 3.63) is 106 Å². The Morgan fingerprint density at radius 1 is 1.00 bits per heavy atom. The number of aromatic nitrogens is 1. The summed E-state index contributed by atoms with van der Waals surface area (Å²) in [6.07, 6.45) is 0.113. The third-order valence-electron chi connectivity index (χ3n) is 5.42. The summed E-state index contributed by atoms with van der Waals surface area (Å²) in [5, 5.41) is 19.2. The van der Waals surface area contributed by atoms with Crippen LogP contribution in [0, 0.1) is 13.8 Å². The molecule has 3 aromatic carbocycles. The molecular weight excluding hydrogens is 392 g/mol. The molecule has 4 rings (SSSR count). The molecule has 31 heavy (non-hydrogen) atoms. The maximum Gasteiger partial charge on any atom is 0.366 e. The molecule has 2 N–H and O–H groups in total. The molecule has 0 aliphatic heterocycles. The van der Waals surface area contributed by atoms with Crippen molar-refractivity contribution in [2.75, 3.05) is 5.32 Å². The van der Waals surface area contributed by atoms with Crippen molar-refractivity contribution in [2.24, 2.45) is 0 Å². The van der Waals surface area contributed by atoms with Crippen LogP contribution in [0.5, 0.6) is 0 Å². The first-order chi connectivity index (χ1) is 14.9. The molecule has 0 fully saturated rings. The van der Waals surface area contributed by atoms with Gasteiger partial charge in [-0.05, 0) is 48.7 Å². The summed E-state index contributed by atoms with van der Waals surface area (Å²) in [7, 11) is 0. The van der Waals surface area contributed by atoms with Crippen molar-refractivity contribution < 1.29 is 14.4 Å². The van der Waals surface area contributed by atoms with E-state index >= 15 is 0 Å². The zero-order valence-corrected chi connectivity index (χ0v) is 17.3. The van der Waals surface area contributed by atoms with Crippen molar-refractivity contribution >= 4 is 22.4 Å². The minimum Gasteiger partial charge on any atom is -0.375 e.